The van der Waals surface area contributed by atoms with Gasteiger partial charge < -0.3 is 4.43 Å². The third kappa shape index (κ3) is 2.38. The van der Waals surface area contributed by atoms with Gasteiger partial charge >= 0.3 is 0 Å². The molecule has 0 spiro atoms. The maximum Gasteiger partial charge on any atom is 0.192 e. The summed E-state index contributed by atoms with van der Waals surface area (Å²) >= 11 is 0. The van der Waals surface area contributed by atoms with Crippen LogP contribution in [0.1, 0.15) is 32.8 Å². The van der Waals surface area contributed by atoms with Gasteiger partial charge in [0, 0.05) is 0 Å². The number of fused-ring (bicyclic) bond motifs is 5. The standard InChI is InChI=1S/C22H30OSi/c1-22(2,3)24(4,5)23-14-18-19(15-9-7-6-8-10-15)21-17-12-11-16(13-17)20(18)21/h6-12,16-17,20-21H,13-14H2,1-5H3/t16-,17+,20-,21+/m1/s1. The molecule has 4 atom stereocenters. The summed E-state index contributed by atoms with van der Waals surface area (Å²) in [5.74, 6) is 3.04. The van der Waals surface area contributed by atoms with Crippen molar-refractivity contribution in [3.63, 3.8) is 0 Å². The van der Waals surface area contributed by atoms with Crippen LogP contribution in [0.15, 0.2) is 48.1 Å². The first-order valence-corrected chi connectivity index (χ1v) is 12.3. The van der Waals surface area contributed by atoms with Crippen molar-refractivity contribution in [2.75, 3.05) is 6.61 Å². The second-order valence-corrected chi connectivity index (χ2v) is 14.2. The van der Waals surface area contributed by atoms with Gasteiger partial charge in [-0.05, 0) is 64.9 Å². The summed E-state index contributed by atoms with van der Waals surface area (Å²) in [5, 5.41) is 0.276. The van der Waals surface area contributed by atoms with Crippen molar-refractivity contribution < 1.29 is 4.43 Å². The molecule has 2 heteroatoms. The highest BCUT2D eigenvalue weighted by Crippen LogP contribution is 2.63. The SMILES string of the molecule is CC(C)(C)[Si](C)(C)OCC1=C(c2ccccc2)[C@H]2[C@@H]1[C@@H]1C=C[C@H]2C1. The van der Waals surface area contributed by atoms with Crippen LogP contribution in [0.3, 0.4) is 0 Å². The quantitative estimate of drug-likeness (QED) is 0.489. The minimum absolute atomic E-state index is 0.276. The Bertz CT molecular complexity index is 692. The summed E-state index contributed by atoms with van der Waals surface area (Å²) in [6.07, 6.45) is 6.30. The average Bonchev–Trinajstić information content (AvgIpc) is 3.05. The number of hydrogen-bond donors (Lipinski definition) is 0. The smallest absolute Gasteiger partial charge is 0.192 e. The fourth-order valence-electron chi connectivity index (χ4n) is 4.63. The van der Waals surface area contributed by atoms with Crippen molar-refractivity contribution in [3.05, 3.63) is 53.6 Å². The highest BCUT2D eigenvalue weighted by atomic mass is 28.4. The highest BCUT2D eigenvalue weighted by molar-refractivity contribution is 6.74. The zero-order valence-corrected chi connectivity index (χ0v) is 16.7. The molecule has 0 N–H and O–H groups in total. The van der Waals surface area contributed by atoms with Gasteiger partial charge in [-0.2, -0.15) is 0 Å². The zero-order valence-electron chi connectivity index (χ0n) is 15.7. The van der Waals surface area contributed by atoms with Crippen molar-refractivity contribution in [2.45, 2.75) is 45.3 Å². The summed E-state index contributed by atoms with van der Waals surface area (Å²) in [4.78, 5) is 0. The van der Waals surface area contributed by atoms with Gasteiger partial charge in [-0.15, -0.1) is 0 Å². The zero-order chi connectivity index (χ0) is 17.1. The van der Waals surface area contributed by atoms with Gasteiger partial charge in [0.1, 0.15) is 0 Å². The first-order chi connectivity index (χ1) is 11.3. The van der Waals surface area contributed by atoms with Crippen molar-refractivity contribution in [3.8, 4) is 0 Å². The van der Waals surface area contributed by atoms with E-state index >= 15 is 0 Å². The van der Waals surface area contributed by atoms with Crippen LogP contribution in [0.25, 0.3) is 5.57 Å². The number of allylic oxidation sites excluding steroid dienone is 3. The molecule has 1 saturated carbocycles. The fraction of sp³-hybridized carbons (Fsp3) is 0.545. The van der Waals surface area contributed by atoms with Gasteiger partial charge in [-0.1, -0.05) is 63.3 Å². The van der Waals surface area contributed by atoms with Crippen molar-refractivity contribution in [1.29, 1.82) is 0 Å². The lowest BCUT2D eigenvalue weighted by molar-refractivity contribution is 0.270. The van der Waals surface area contributed by atoms with E-state index in [0.717, 1.165) is 30.3 Å². The number of rotatable bonds is 4. The minimum Gasteiger partial charge on any atom is -0.413 e. The summed E-state index contributed by atoms with van der Waals surface area (Å²) in [6.45, 7) is 12.6. The first-order valence-electron chi connectivity index (χ1n) is 9.40. The topological polar surface area (TPSA) is 9.23 Å². The molecule has 0 aromatic heterocycles. The van der Waals surface area contributed by atoms with Crippen LogP contribution in [0.4, 0.5) is 0 Å². The molecular formula is C22H30OSi. The largest absolute Gasteiger partial charge is 0.413 e. The van der Waals surface area contributed by atoms with E-state index < -0.39 is 8.32 Å². The molecule has 1 aromatic rings. The van der Waals surface area contributed by atoms with Crippen LogP contribution < -0.4 is 0 Å². The van der Waals surface area contributed by atoms with E-state index in [9.17, 15) is 0 Å². The molecular weight excluding hydrogens is 308 g/mol. The molecule has 0 aliphatic heterocycles. The lowest BCUT2D eigenvalue weighted by Gasteiger charge is -2.45. The van der Waals surface area contributed by atoms with Gasteiger partial charge in [0.2, 0.25) is 0 Å². The van der Waals surface area contributed by atoms with E-state index in [1.807, 2.05) is 0 Å². The Morgan fingerprint density at radius 3 is 2.25 bits per heavy atom. The Morgan fingerprint density at radius 2 is 1.62 bits per heavy atom. The minimum atomic E-state index is -1.70. The Labute approximate surface area is 147 Å². The first kappa shape index (κ1) is 16.4. The molecule has 3 aliphatic carbocycles. The molecule has 2 bridgehead atoms. The summed E-state index contributed by atoms with van der Waals surface area (Å²) in [7, 11) is -1.70. The molecule has 0 unspecified atom stereocenters. The lowest BCUT2D eigenvalue weighted by Crippen LogP contribution is -2.43. The summed E-state index contributed by atoms with van der Waals surface area (Å²) in [6, 6.07) is 11.0. The van der Waals surface area contributed by atoms with E-state index in [-0.39, 0.29) is 5.04 Å². The van der Waals surface area contributed by atoms with Crippen molar-refractivity contribution >= 4 is 13.9 Å². The monoisotopic (exact) mass is 338 g/mol. The number of benzene rings is 1. The van der Waals surface area contributed by atoms with Gasteiger partial charge in [-0.3, -0.25) is 0 Å². The average molecular weight is 339 g/mol. The second kappa shape index (κ2) is 5.44. The maximum atomic E-state index is 6.62. The molecule has 1 fully saturated rings. The predicted octanol–water partition coefficient (Wildman–Crippen LogP) is 5.91. The maximum absolute atomic E-state index is 6.62. The molecule has 0 radical (unpaired) electrons. The fourth-order valence-corrected chi connectivity index (χ4v) is 5.58. The third-order valence-corrected chi connectivity index (χ3v) is 11.5. The molecule has 0 heterocycles. The van der Waals surface area contributed by atoms with Crippen LogP contribution in [-0.2, 0) is 4.43 Å². The third-order valence-electron chi connectivity index (χ3n) is 7.02. The van der Waals surface area contributed by atoms with Crippen molar-refractivity contribution in [2.24, 2.45) is 23.7 Å². The molecule has 128 valence electrons. The Balaban J connectivity index is 1.64. The lowest BCUT2D eigenvalue weighted by atomic mass is 9.61. The molecule has 0 saturated heterocycles. The second-order valence-electron chi connectivity index (χ2n) is 9.35. The van der Waals surface area contributed by atoms with E-state index in [1.165, 1.54) is 12.0 Å². The normalized spacial score (nSPS) is 31.4. The van der Waals surface area contributed by atoms with Crippen LogP contribution in [0.5, 0.6) is 0 Å². The molecule has 3 aliphatic rings. The Hall–Kier alpha value is -1.12. The van der Waals surface area contributed by atoms with Gasteiger partial charge in [0.15, 0.2) is 8.32 Å². The highest BCUT2D eigenvalue weighted by Gasteiger charge is 2.55. The molecule has 24 heavy (non-hydrogen) atoms. The Morgan fingerprint density at radius 1 is 1.00 bits per heavy atom. The van der Waals surface area contributed by atoms with Crippen molar-refractivity contribution in [1.82, 2.24) is 0 Å². The van der Waals surface area contributed by atoms with Crippen LogP contribution >= 0.6 is 0 Å². The van der Waals surface area contributed by atoms with E-state index in [1.54, 1.807) is 11.1 Å². The van der Waals surface area contributed by atoms with E-state index in [0.29, 0.717) is 0 Å². The van der Waals surface area contributed by atoms with Crippen LogP contribution in [-0.4, -0.2) is 14.9 Å². The van der Waals surface area contributed by atoms with E-state index in [4.69, 9.17) is 4.43 Å². The number of hydrogen-bond acceptors (Lipinski definition) is 1. The van der Waals surface area contributed by atoms with Crippen LogP contribution in [0.2, 0.25) is 18.1 Å². The van der Waals surface area contributed by atoms with Gasteiger partial charge in [0.05, 0.1) is 6.61 Å². The van der Waals surface area contributed by atoms with Gasteiger partial charge in [0.25, 0.3) is 0 Å². The molecule has 1 nitrogen and oxygen atoms in total. The molecule has 0 amide bonds. The molecule has 1 aromatic carbocycles. The molecule has 4 rings (SSSR count). The Kier molecular flexibility index (Phi) is 3.70. The van der Waals surface area contributed by atoms with Gasteiger partial charge in [-0.25, -0.2) is 0 Å². The van der Waals surface area contributed by atoms with E-state index in [2.05, 4.69) is 76.3 Å². The van der Waals surface area contributed by atoms with Crippen LogP contribution in [0, 0.1) is 23.7 Å². The summed E-state index contributed by atoms with van der Waals surface area (Å²) in [5.41, 5.74) is 4.64. The predicted molar refractivity (Wildman–Crippen MR) is 104 cm³/mol. The summed E-state index contributed by atoms with van der Waals surface area (Å²) < 4.78 is 6.62.